The van der Waals surface area contributed by atoms with Crippen LogP contribution in [0.1, 0.15) is 5.56 Å². The highest BCUT2D eigenvalue weighted by molar-refractivity contribution is 6.27. The molecule has 0 aliphatic rings. The highest BCUT2D eigenvalue weighted by Crippen LogP contribution is 2.46. The van der Waals surface area contributed by atoms with Crippen molar-refractivity contribution < 1.29 is 0 Å². The fourth-order valence-electron chi connectivity index (χ4n) is 10.3. The molecule has 0 saturated carbocycles. The van der Waals surface area contributed by atoms with E-state index in [1.54, 1.807) is 0 Å². The molecule has 6 heteroatoms. The van der Waals surface area contributed by atoms with E-state index in [-0.39, 0.29) is 0 Å². The first-order chi connectivity index (χ1) is 30.7. The molecule has 13 rings (SSSR count). The van der Waals surface area contributed by atoms with Crippen LogP contribution >= 0.6 is 0 Å². The van der Waals surface area contributed by atoms with Crippen molar-refractivity contribution in [1.29, 1.82) is 5.26 Å². The monoisotopic (exact) mass is 788 g/mol. The van der Waals surface area contributed by atoms with E-state index in [0.717, 1.165) is 87.8 Å². The number of rotatable bonds is 4. The summed E-state index contributed by atoms with van der Waals surface area (Å²) in [6, 6.07) is 70.2. The van der Waals surface area contributed by atoms with Gasteiger partial charge in [-0.15, -0.1) is 0 Å². The zero-order chi connectivity index (χ0) is 41.1. The summed E-state index contributed by atoms with van der Waals surface area (Å²) in [5.74, 6) is 0. The van der Waals surface area contributed by atoms with Crippen LogP contribution in [0.15, 0.2) is 194 Å². The molecule has 0 fully saturated rings. The van der Waals surface area contributed by atoms with Gasteiger partial charge in [0.2, 0.25) is 5.69 Å². The number of nitriles is 1. The highest BCUT2D eigenvalue weighted by Gasteiger charge is 2.25. The molecule has 0 spiro atoms. The first kappa shape index (κ1) is 34.1. The summed E-state index contributed by atoms with van der Waals surface area (Å²) in [7, 11) is 0. The molecule has 0 saturated heterocycles. The molecular formula is C56H32N6. The maximum Gasteiger partial charge on any atom is 0.212 e. The number of para-hydroxylation sites is 6. The Morgan fingerprint density at radius 1 is 0.371 bits per heavy atom. The largest absolute Gasteiger partial charge is 0.319 e. The van der Waals surface area contributed by atoms with Crippen LogP contribution in [0.25, 0.3) is 115 Å². The van der Waals surface area contributed by atoms with E-state index < -0.39 is 0 Å². The second-order valence-corrected chi connectivity index (χ2v) is 15.9. The van der Waals surface area contributed by atoms with E-state index in [1.165, 1.54) is 10.8 Å². The Morgan fingerprint density at radius 2 is 0.774 bits per heavy atom. The molecule has 286 valence electrons. The summed E-state index contributed by atoms with van der Waals surface area (Å²) in [6.07, 6.45) is 0. The molecule has 0 amide bonds. The number of aromatic nitrogens is 4. The first-order valence-corrected chi connectivity index (χ1v) is 20.7. The minimum absolute atomic E-state index is 0.454. The zero-order valence-corrected chi connectivity index (χ0v) is 33.2. The van der Waals surface area contributed by atoms with Gasteiger partial charge in [-0.25, -0.2) is 4.85 Å². The van der Waals surface area contributed by atoms with E-state index >= 15 is 0 Å². The van der Waals surface area contributed by atoms with Crippen LogP contribution in [-0.4, -0.2) is 18.3 Å². The van der Waals surface area contributed by atoms with Crippen LogP contribution < -0.4 is 0 Å². The first-order valence-electron chi connectivity index (χ1n) is 20.7. The summed E-state index contributed by atoms with van der Waals surface area (Å²) >= 11 is 0. The van der Waals surface area contributed by atoms with Crippen LogP contribution in [0.3, 0.4) is 0 Å². The molecule has 6 nitrogen and oxygen atoms in total. The Bertz CT molecular complexity index is 3840. The molecule has 9 aromatic carbocycles. The Labute approximate surface area is 355 Å². The lowest BCUT2D eigenvalue weighted by Gasteiger charge is -2.16. The molecule has 13 aromatic rings. The lowest BCUT2D eigenvalue weighted by Crippen LogP contribution is -2.02. The lowest BCUT2D eigenvalue weighted by molar-refractivity contribution is 1.14. The third kappa shape index (κ3) is 4.50. The van der Waals surface area contributed by atoms with Gasteiger partial charge in [-0.1, -0.05) is 121 Å². The molecule has 62 heavy (non-hydrogen) atoms. The minimum Gasteiger partial charge on any atom is -0.319 e. The Kier molecular flexibility index (Phi) is 7.05. The molecular weight excluding hydrogens is 757 g/mol. The van der Waals surface area contributed by atoms with Crippen molar-refractivity contribution in [2.24, 2.45) is 0 Å². The summed E-state index contributed by atoms with van der Waals surface area (Å²) in [4.78, 5) is 4.24. The van der Waals surface area contributed by atoms with E-state index in [4.69, 9.17) is 6.57 Å². The van der Waals surface area contributed by atoms with Gasteiger partial charge in [0.25, 0.3) is 0 Å². The Morgan fingerprint density at radius 3 is 1.23 bits per heavy atom. The number of nitrogens with zero attached hydrogens (tertiary/aromatic N) is 6. The van der Waals surface area contributed by atoms with E-state index in [9.17, 15) is 5.26 Å². The number of fused-ring (bicyclic) bond motifs is 14. The van der Waals surface area contributed by atoms with E-state index in [2.05, 4.69) is 187 Å². The quantitative estimate of drug-likeness (QED) is 0.164. The molecule has 0 unspecified atom stereocenters. The molecule has 0 atom stereocenters. The molecule has 0 aliphatic heterocycles. The topological polar surface area (TPSA) is 47.9 Å². The van der Waals surface area contributed by atoms with Gasteiger partial charge >= 0.3 is 0 Å². The van der Waals surface area contributed by atoms with Crippen molar-refractivity contribution >= 4 is 92.9 Å². The van der Waals surface area contributed by atoms with Crippen molar-refractivity contribution in [3.63, 3.8) is 0 Å². The Balaban J connectivity index is 1.12. The third-order valence-electron chi connectivity index (χ3n) is 12.8. The van der Waals surface area contributed by atoms with Crippen LogP contribution in [0.4, 0.5) is 5.69 Å². The number of hydrogen-bond donors (Lipinski definition) is 0. The van der Waals surface area contributed by atoms with Crippen molar-refractivity contribution in [3.05, 3.63) is 211 Å². The summed E-state index contributed by atoms with van der Waals surface area (Å²) in [5, 5.41) is 20.2. The third-order valence-corrected chi connectivity index (χ3v) is 12.8. The lowest BCUT2D eigenvalue weighted by atomic mass is 10.1. The minimum atomic E-state index is 0.454. The van der Waals surface area contributed by atoms with E-state index in [1.807, 2.05) is 36.4 Å². The van der Waals surface area contributed by atoms with Crippen LogP contribution in [0, 0.1) is 17.9 Å². The normalized spacial score (nSPS) is 11.8. The highest BCUT2D eigenvalue weighted by atomic mass is 15.0. The Hall–Kier alpha value is -8.84. The molecule has 0 bridgehead atoms. The maximum atomic E-state index is 11.2. The van der Waals surface area contributed by atoms with Gasteiger partial charge in [-0.2, -0.15) is 5.26 Å². The van der Waals surface area contributed by atoms with Gasteiger partial charge in [-0.3, -0.25) is 0 Å². The zero-order valence-electron chi connectivity index (χ0n) is 33.2. The average molecular weight is 789 g/mol. The van der Waals surface area contributed by atoms with Crippen LogP contribution in [-0.2, 0) is 0 Å². The molecule has 4 heterocycles. The van der Waals surface area contributed by atoms with Gasteiger partial charge in [0.05, 0.1) is 67.6 Å². The molecule has 4 aromatic heterocycles. The SMILES string of the molecule is [C-]#[N+]c1cc(-n2c3ccccc3c3c2ccc2c4ccccc4n(-c4ccccc4)c23)c(C#N)cc1-n1c2ccccc2c2c1ccc1c3ccccc3n(-c3ccccc3)c12. The smallest absolute Gasteiger partial charge is 0.212 e. The second kappa shape index (κ2) is 12.8. The fraction of sp³-hybridized carbons (Fsp3) is 0. The summed E-state index contributed by atoms with van der Waals surface area (Å²) in [5.41, 5.74) is 12.8. The number of benzene rings is 9. The van der Waals surface area contributed by atoms with Crippen molar-refractivity contribution in [3.8, 4) is 28.8 Å². The maximum absolute atomic E-state index is 11.2. The predicted octanol–water partition coefficient (Wildman–Crippen LogP) is 14.5. The van der Waals surface area contributed by atoms with Gasteiger partial charge in [-0.05, 0) is 72.8 Å². The van der Waals surface area contributed by atoms with Crippen molar-refractivity contribution in [2.75, 3.05) is 0 Å². The van der Waals surface area contributed by atoms with Crippen LogP contribution in [0.2, 0.25) is 0 Å². The van der Waals surface area contributed by atoms with Gasteiger partial charge < -0.3 is 18.3 Å². The van der Waals surface area contributed by atoms with Gasteiger partial charge in [0, 0.05) is 54.5 Å². The van der Waals surface area contributed by atoms with Crippen molar-refractivity contribution in [2.45, 2.75) is 0 Å². The number of hydrogen-bond acceptors (Lipinski definition) is 1. The van der Waals surface area contributed by atoms with Crippen LogP contribution in [0.5, 0.6) is 0 Å². The molecule has 0 radical (unpaired) electrons. The molecule has 0 aliphatic carbocycles. The average Bonchev–Trinajstić information content (AvgIpc) is 4.06. The predicted molar refractivity (Wildman–Crippen MR) is 255 cm³/mol. The van der Waals surface area contributed by atoms with Crippen molar-refractivity contribution in [1.82, 2.24) is 18.3 Å². The molecule has 0 N–H and O–H groups in total. The van der Waals surface area contributed by atoms with Gasteiger partial charge in [0.15, 0.2) is 0 Å². The summed E-state index contributed by atoms with van der Waals surface area (Å²) < 4.78 is 9.09. The summed E-state index contributed by atoms with van der Waals surface area (Å²) in [6.45, 7) is 8.73. The fourth-order valence-corrected chi connectivity index (χ4v) is 10.3. The standard InChI is InChI=1S/C56H32N6/c1-58-44-33-51(61-47-26-14-10-22-42(47)53-49(61)30-28-40-38-20-8-12-24-45(38)59(55(40)53)36-16-4-2-5-17-36)35(34-57)32-52(44)62-48-27-15-11-23-43(48)54-50(62)31-29-41-39-21-9-13-25-46(39)60(56(41)54)37-18-6-3-7-19-37/h2-33H. The second-order valence-electron chi connectivity index (χ2n) is 15.9. The van der Waals surface area contributed by atoms with Gasteiger partial charge in [0.1, 0.15) is 6.07 Å². The van der Waals surface area contributed by atoms with E-state index in [0.29, 0.717) is 22.6 Å².